The normalized spacial score (nSPS) is 11.2. The SMILES string of the molecule is CCCN(C)Cc1cn[nH]c1-c1cc(C#N)ccc1Cl.CCCN(C)Cc1cn[nH]c1-c1ccc(C(F)(F)F)cc1F.CCCN(C)Cc1cn[nH]c1-c1ccc(F)cc1C.CCCN(C)Cc1cn[nH]c1-c1ccc(F)cc1OC.CCCN(C)Cc1cn[nH]c1-c1cccc(N(C)C)c1.CCOC(=O)c1cccc(-c2[nH]ncc2CN(C)CCN)c1. The van der Waals surface area contributed by atoms with Gasteiger partial charge in [0.2, 0.25) is 0 Å². The molecule has 0 saturated carbocycles. The van der Waals surface area contributed by atoms with Crippen molar-refractivity contribution in [2.45, 2.75) is 126 Å². The zero-order valence-corrected chi connectivity index (χ0v) is 74.4. The molecular weight excluding hydrogens is 1600 g/mol. The number of esters is 1. The Kier molecular flexibility index (Phi) is 40.5. The Hall–Kier alpha value is -11.3. The summed E-state index contributed by atoms with van der Waals surface area (Å²) < 4.78 is 88.5. The molecule has 31 heteroatoms. The summed E-state index contributed by atoms with van der Waals surface area (Å²) in [5.74, 6) is -1.24. The molecule has 12 aromatic rings. The van der Waals surface area contributed by atoms with E-state index in [4.69, 9.17) is 32.1 Å². The number of alkyl halides is 3. The van der Waals surface area contributed by atoms with Crippen LogP contribution in [0, 0.1) is 35.7 Å². The molecule has 0 amide bonds. The van der Waals surface area contributed by atoms with Crippen molar-refractivity contribution >= 4 is 23.3 Å². The molecule has 0 atom stereocenters. The molecule has 123 heavy (non-hydrogen) atoms. The summed E-state index contributed by atoms with van der Waals surface area (Å²) in [6.45, 7) is 25.9. The number of halogens is 7. The number of carbonyl (C=O) groups excluding carboxylic acids is 1. The van der Waals surface area contributed by atoms with Crippen LogP contribution in [0.25, 0.3) is 67.5 Å². The van der Waals surface area contributed by atoms with Crippen molar-refractivity contribution in [2.75, 3.05) is 121 Å². The predicted octanol–water partition coefficient (Wildman–Crippen LogP) is 18.6. The van der Waals surface area contributed by atoms with E-state index in [1.807, 2.05) is 81.9 Å². The van der Waals surface area contributed by atoms with Crippen LogP contribution in [0.2, 0.25) is 5.02 Å². The molecule has 6 aromatic carbocycles. The van der Waals surface area contributed by atoms with E-state index in [1.54, 1.807) is 55.7 Å². The molecule has 24 nitrogen and oxygen atoms in total. The number of benzene rings is 6. The zero-order chi connectivity index (χ0) is 89.7. The minimum atomic E-state index is -4.56. The largest absolute Gasteiger partial charge is 0.496 e. The predicted molar refractivity (Wildman–Crippen MR) is 479 cm³/mol. The molecule has 0 saturated heterocycles. The minimum absolute atomic E-state index is 0.0883. The van der Waals surface area contributed by atoms with Gasteiger partial charge in [-0.1, -0.05) is 70.5 Å². The summed E-state index contributed by atoms with van der Waals surface area (Å²) >= 11 is 6.24. The third-order valence-corrected chi connectivity index (χ3v) is 20.0. The molecule has 0 fully saturated rings. The van der Waals surface area contributed by atoms with E-state index in [0.717, 1.165) is 194 Å². The highest BCUT2D eigenvalue weighted by molar-refractivity contribution is 6.33. The first-order valence-electron chi connectivity index (χ1n) is 41.2. The van der Waals surface area contributed by atoms with E-state index >= 15 is 0 Å². The van der Waals surface area contributed by atoms with Crippen molar-refractivity contribution in [3.63, 3.8) is 0 Å². The molecule has 6 heterocycles. The standard InChI is InChI=1S/C16H22N4O2.C16H24N4.C15H17ClN4.C15H17F4N3.C15H20FN3O.C15H20FN3/c1-3-22-16(21)13-6-4-5-12(9-13)15-14(10-18-19-15)11-20(2)8-7-17;1-5-9-20(4)12-14-11-17-18-16(14)13-7-6-8-15(10-13)19(2)3;1-3-6-20(2)10-12-9-18-19-15(12)13-7-11(8-17)4-5-14(13)16;1-3-6-22(2)9-10-8-20-21-14(10)12-5-4-11(7-13(12)16)15(17,18)19;1-4-7-19(2)10-11-9-17-18-15(11)13-6-5-12(16)8-14(13)20-3;1-4-7-19(3)10-12-9-17-18-15(12)14-6-5-13(16)8-11(14)2/h4-6,9-10H,3,7-8,11,17H2,1-2H3,(H,18,19);6-8,10-11H,5,9,12H2,1-4H3,(H,17,18);4-5,7,9H,3,6,10H2,1-2H3,(H,18,19);4-5,7-8H,3,6,9H2,1-2H3,(H,20,21);5-6,8-9H,4,7,10H2,1-3H3,(H,17,18);5-6,8-9H,4,7,10H2,1-3H3,(H,17,18). The topological polar surface area (TPSA) is 280 Å². The van der Waals surface area contributed by atoms with Gasteiger partial charge in [0.05, 0.1) is 113 Å². The number of anilines is 1. The van der Waals surface area contributed by atoms with Gasteiger partial charge in [-0.05, 0) is 218 Å². The van der Waals surface area contributed by atoms with Gasteiger partial charge in [0, 0.05) is 145 Å². The first-order valence-corrected chi connectivity index (χ1v) is 41.6. The number of nitrogens with two attached hydrogens (primary N) is 1. The number of rotatable bonds is 34. The van der Waals surface area contributed by atoms with Gasteiger partial charge in [-0.25, -0.2) is 18.0 Å². The van der Waals surface area contributed by atoms with Gasteiger partial charge in [0.1, 0.15) is 23.2 Å². The van der Waals surface area contributed by atoms with Crippen molar-refractivity contribution < 1.29 is 40.6 Å². The van der Waals surface area contributed by atoms with Crippen LogP contribution in [0.4, 0.5) is 32.0 Å². The molecule has 0 unspecified atom stereocenters. The fourth-order valence-electron chi connectivity index (χ4n) is 13.8. The zero-order valence-electron chi connectivity index (χ0n) is 73.7. The molecular formula is C92H120ClF6N21O3. The van der Waals surface area contributed by atoms with E-state index in [-0.39, 0.29) is 23.2 Å². The van der Waals surface area contributed by atoms with E-state index in [9.17, 15) is 31.1 Å². The number of H-pyrrole nitrogens is 6. The average Bonchev–Trinajstić information content (AvgIpc) is 1.78. The maximum atomic E-state index is 14.0. The minimum Gasteiger partial charge on any atom is -0.496 e. The molecule has 8 N–H and O–H groups in total. The van der Waals surface area contributed by atoms with Gasteiger partial charge in [0.15, 0.2) is 0 Å². The number of methoxy groups -OCH3 is 1. The molecule has 0 aliphatic heterocycles. The highest BCUT2D eigenvalue weighted by Crippen LogP contribution is 2.37. The van der Waals surface area contributed by atoms with Crippen LogP contribution in [0.15, 0.2) is 159 Å². The number of nitrogens with zero attached hydrogens (tertiary/aromatic N) is 14. The van der Waals surface area contributed by atoms with Crippen LogP contribution >= 0.6 is 11.6 Å². The Morgan fingerprint density at radius 2 is 0.854 bits per heavy atom. The van der Waals surface area contributed by atoms with Crippen LogP contribution in [0.5, 0.6) is 5.75 Å². The van der Waals surface area contributed by atoms with Gasteiger partial charge >= 0.3 is 12.1 Å². The van der Waals surface area contributed by atoms with Crippen LogP contribution in [-0.4, -0.2) is 212 Å². The maximum absolute atomic E-state index is 14.0. The lowest BCUT2D eigenvalue weighted by Crippen LogP contribution is -2.25. The Bertz CT molecular complexity index is 5200. The van der Waals surface area contributed by atoms with Gasteiger partial charge in [-0.2, -0.15) is 49.0 Å². The molecule has 0 aliphatic rings. The number of aryl methyl sites for hydroxylation is 1. The van der Waals surface area contributed by atoms with Crippen LogP contribution in [0.3, 0.4) is 0 Å². The van der Waals surface area contributed by atoms with Crippen molar-refractivity contribution in [3.8, 4) is 79.4 Å². The second kappa shape index (κ2) is 50.3. The lowest BCUT2D eigenvalue weighted by atomic mass is 10.0. The lowest BCUT2D eigenvalue weighted by Gasteiger charge is -2.16. The van der Waals surface area contributed by atoms with Gasteiger partial charge in [-0.15, -0.1) is 0 Å². The molecule has 12 rings (SSSR count). The molecule has 6 aromatic heterocycles. The van der Waals surface area contributed by atoms with Crippen molar-refractivity contribution in [1.82, 2.24) is 90.6 Å². The Morgan fingerprint density at radius 1 is 0.463 bits per heavy atom. The highest BCUT2D eigenvalue weighted by Gasteiger charge is 2.32. The second-order valence-electron chi connectivity index (χ2n) is 30.4. The van der Waals surface area contributed by atoms with E-state index in [1.165, 1.54) is 48.5 Å². The first-order chi connectivity index (χ1) is 59.0. The number of nitriles is 1. The van der Waals surface area contributed by atoms with Gasteiger partial charge < -0.3 is 49.5 Å². The number of nitrogens with one attached hydrogen (secondary N) is 6. The number of carbonyl (C=O) groups is 1. The van der Waals surface area contributed by atoms with Gasteiger partial charge in [-0.3, -0.25) is 30.6 Å². The fraction of sp³-hybridized carbons (Fsp3) is 0.391. The monoisotopic (exact) mass is 1720 g/mol. The maximum Gasteiger partial charge on any atom is 0.416 e. The molecule has 660 valence electrons. The lowest BCUT2D eigenvalue weighted by molar-refractivity contribution is -0.137. The summed E-state index contributed by atoms with van der Waals surface area (Å²) in [5.41, 5.74) is 24.2. The summed E-state index contributed by atoms with van der Waals surface area (Å²) in [6.07, 6.45) is 11.7. The fourth-order valence-corrected chi connectivity index (χ4v) is 14.0. The number of aromatic nitrogens is 12. The summed E-state index contributed by atoms with van der Waals surface area (Å²) in [7, 11) is 18.0. The van der Waals surface area contributed by atoms with E-state index < -0.39 is 17.6 Å². The average molecular weight is 1720 g/mol. The third-order valence-electron chi connectivity index (χ3n) is 19.6. The number of aromatic amines is 6. The Labute approximate surface area is 724 Å². The number of likely N-dealkylation sites (N-methyl/N-ethyl adjacent to an activating group) is 1. The van der Waals surface area contributed by atoms with Crippen LogP contribution in [-0.2, 0) is 50.2 Å². The number of hydrogen-bond donors (Lipinski definition) is 7. The van der Waals surface area contributed by atoms with E-state index in [0.29, 0.717) is 53.4 Å². The van der Waals surface area contributed by atoms with Crippen LogP contribution in [0.1, 0.15) is 134 Å². The van der Waals surface area contributed by atoms with Crippen LogP contribution < -0.4 is 15.4 Å². The Balaban J connectivity index is 0.000000203. The summed E-state index contributed by atoms with van der Waals surface area (Å²) in [5, 5.41) is 52.0. The molecule has 0 radical (unpaired) electrons. The smallest absolute Gasteiger partial charge is 0.416 e. The third kappa shape index (κ3) is 30.3. The Morgan fingerprint density at radius 3 is 1.26 bits per heavy atom. The summed E-state index contributed by atoms with van der Waals surface area (Å²) in [6, 6.07) is 35.2. The van der Waals surface area contributed by atoms with Gasteiger partial charge in [0.25, 0.3) is 0 Å². The quantitative estimate of drug-likeness (QED) is 0.0146. The molecule has 0 aliphatic carbocycles. The van der Waals surface area contributed by atoms with E-state index in [2.05, 4.69) is 191 Å². The number of ether oxygens (including phenoxy) is 2. The summed E-state index contributed by atoms with van der Waals surface area (Å²) in [4.78, 5) is 27.2. The molecule has 0 bridgehead atoms. The second-order valence-corrected chi connectivity index (χ2v) is 30.8. The first kappa shape index (κ1) is 98.8. The van der Waals surface area contributed by atoms with Crippen molar-refractivity contribution in [2.24, 2.45) is 5.73 Å². The van der Waals surface area contributed by atoms with Crippen molar-refractivity contribution in [3.05, 3.63) is 237 Å². The highest BCUT2D eigenvalue weighted by atomic mass is 35.5. The van der Waals surface area contributed by atoms with Crippen molar-refractivity contribution in [1.29, 1.82) is 5.26 Å². The molecule has 0 spiro atoms. The number of hydrogen-bond acceptors (Lipinski definition) is 18.